The Balaban J connectivity index is 2.51. The van der Waals surface area contributed by atoms with Crippen LogP contribution in [0.1, 0.15) is 0 Å². The smallest absolute Gasteiger partial charge is 0.0859 e. The molecular weight excluding hydrogens is 248 g/mol. The molecule has 4 nitrogen and oxygen atoms in total. The Bertz CT molecular complexity index is 589. The van der Waals surface area contributed by atoms with E-state index in [0.29, 0.717) is 0 Å². The van der Waals surface area contributed by atoms with Gasteiger partial charge in [0.25, 0.3) is 0 Å². The van der Waals surface area contributed by atoms with Crippen LogP contribution < -0.4 is 10.6 Å². The van der Waals surface area contributed by atoms with Gasteiger partial charge in [0.2, 0.25) is 0 Å². The van der Waals surface area contributed by atoms with E-state index < -0.39 is 0 Å². The molecular formula is C16H18N4. The lowest BCUT2D eigenvalue weighted by Gasteiger charge is -2.10. The zero-order valence-electron chi connectivity index (χ0n) is 11.8. The van der Waals surface area contributed by atoms with Crippen molar-refractivity contribution < 1.29 is 0 Å². The molecule has 0 atom stereocenters. The van der Waals surface area contributed by atoms with Crippen molar-refractivity contribution in [1.82, 2.24) is 0 Å². The first kappa shape index (κ1) is 13.8. The van der Waals surface area contributed by atoms with Crippen LogP contribution in [0.15, 0.2) is 46.4 Å². The summed E-state index contributed by atoms with van der Waals surface area (Å²) in [6, 6.07) is 12.1. The van der Waals surface area contributed by atoms with Gasteiger partial charge in [-0.05, 0) is 48.8 Å². The predicted molar refractivity (Wildman–Crippen MR) is 89.4 cm³/mol. The SMILES string of the molecule is C=Nc1cc(-c2ccc(NC)c(N=C)c2)ccc1NC. The first-order valence-electron chi connectivity index (χ1n) is 6.31. The largest absolute Gasteiger partial charge is 0.386 e. The van der Waals surface area contributed by atoms with Gasteiger partial charge in [-0.2, -0.15) is 0 Å². The second-order valence-electron chi connectivity index (χ2n) is 4.28. The highest BCUT2D eigenvalue weighted by atomic mass is 14.9. The van der Waals surface area contributed by atoms with E-state index in [1.165, 1.54) is 0 Å². The van der Waals surface area contributed by atoms with Crippen LogP contribution in [0.2, 0.25) is 0 Å². The van der Waals surface area contributed by atoms with Crippen LogP contribution in [-0.4, -0.2) is 27.5 Å². The van der Waals surface area contributed by atoms with E-state index in [1.54, 1.807) is 0 Å². The molecule has 2 aromatic rings. The Morgan fingerprint density at radius 1 is 0.750 bits per heavy atom. The second-order valence-corrected chi connectivity index (χ2v) is 4.28. The summed E-state index contributed by atoms with van der Waals surface area (Å²) in [6.07, 6.45) is 0. The lowest BCUT2D eigenvalue weighted by Crippen LogP contribution is -1.90. The quantitative estimate of drug-likeness (QED) is 0.800. The highest BCUT2D eigenvalue weighted by molar-refractivity contribution is 5.80. The third-order valence-corrected chi connectivity index (χ3v) is 3.21. The van der Waals surface area contributed by atoms with Crippen molar-refractivity contribution in [3.05, 3.63) is 36.4 Å². The van der Waals surface area contributed by atoms with E-state index >= 15 is 0 Å². The molecule has 0 saturated carbocycles. The molecule has 2 aromatic carbocycles. The molecule has 0 fully saturated rings. The average molecular weight is 266 g/mol. The molecule has 0 amide bonds. The van der Waals surface area contributed by atoms with Crippen LogP contribution in [-0.2, 0) is 0 Å². The van der Waals surface area contributed by atoms with Crippen molar-refractivity contribution in [1.29, 1.82) is 0 Å². The number of hydrogen-bond acceptors (Lipinski definition) is 4. The van der Waals surface area contributed by atoms with E-state index in [-0.39, 0.29) is 0 Å². The molecule has 0 bridgehead atoms. The summed E-state index contributed by atoms with van der Waals surface area (Å²) in [5, 5.41) is 6.19. The minimum Gasteiger partial charge on any atom is -0.386 e. The van der Waals surface area contributed by atoms with E-state index in [9.17, 15) is 0 Å². The Morgan fingerprint density at radius 3 is 1.45 bits per heavy atom. The summed E-state index contributed by atoms with van der Waals surface area (Å²) in [7, 11) is 3.73. The van der Waals surface area contributed by atoms with Gasteiger partial charge in [0.15, 0.2) is 0 Å². The average Bonchev–Trinajstić information content (AvgIpc) is 2.53. The molecule has 4 heteroatoms. The summed E-state index contributed by atoms with van der Waals surface area (Å²) < 4.78 is 0. The van der Waals surface area contributed by atoms with Crippen molar-refractivity contribution in [3.63, 3.8) is 0 Å². The van der Waals surface area contributed by atoms with E-state index in [2.05, 4.69) is 34.1 Å². The third kappa shape index (κ3) is 2.54. The Hall–Kier alpha value is -2.62. The van der Waals surface area contributed by atoms with Gasteiger partial charge >= 0.3 is 0 Å². The van der Waals surface area contributed by atoms with Crippen molar-refractivity contribution in [3.8, 4) is 11.1 Å². The predicted octanol–water partition coefficient (Wildman–Crippen LogP) is 4.10. The fourth-order valence-electron chi connectivity index (χ4n) is 2.11. The summed E-state index contributed by atoms with van der Waals surface area (Å²) in [4.78, 5) is 8.09. The van der Waals surface area contributed by atoms with Crippen molar-refractivity contribution >= 4 is 36.2 Å². The van der Waals surface area contributed by atoms with Gasteiger partial charge in [0.05, 0.1) is 22.7 Å². The van der Waals surface area contributed by atoms with Gasteiger partial charge in [-0.1, -0.05) is 12.1 Å². The molecule has 0 aliphatic heterocycles. The number of nitrogens with zero attached hydrogens (tertiary/aromatic N) is 2. The fourth-order valence-corrected chi connectivity index (χ4v) is 2.11. The number of hydrogen-bond donors (Lipinski definition) is 2. The Labute approximate surface area is 119 Å². The van der Waals surface area contributed by atoms with Crippen molar-refractivity contribution in [2.24, 2.45) is 9.98 Å². The van der Waals surface area contributed by atoms with Crippen LogP contribution in [0, 0.1) is 0 Å². The molecule has 0 unspecified atom stereocenters. The summed E-state index contributed by atoms with van der Waals surface area (Å²) >= 11 is 0. The maximum atomic E-state index is 4.04. The first-order chi connectivity index (χ1) is 9.73. The van der Waals surface area contributed by atoms with Crippen molar-refractivity contribution in [2.75, 3.05) is 24.7 Å². The fraction of sp³-hybridized carbons (Fsp3) is 0.125. The Morgan fingerprint density at radius 2 is 1.15 bits per heavy atom. The molecule has 102 valence electrons. The van der Waals surface area contributed by atoms with Gasteiger partial charge in [0.1, 0.15) is 0 Å². The van der Waals surface area contributed by atoms with Crippen LogP contribution in [0.3, 0.4) is 0 Å². The van der Waals surface area contributed by atoms with Gasteiger partial charge in [-0.25, -0.2) is 0 Å². The molecule has 0 spiro atoms. The first-order valence-corrected chi connectivity index (χ1v) is 6.31. The van der Waals surface area contributed by atoms with Gasteiger partial charge in [-0.15, -0.1) is 0 Å². The molecule has 0 aliphatic rings. The molecule has 2 rings (SSSR count). The molecule has 0 heterocycles. The molecule has 0 aliphatic carbocycles. The minimum absolute atomic E-state index is 0.829. The summed E-state index contributed by atoms with van der Waals surface area (Å²) in [6.45, 7) is 7.21. The molecule has 2 N–H and O–H groups in total. The van der Waals surface area contributed by atoms with E-state index in [1.807, 2.05) is 50.5 Å². The van der Waals surface area contributed by atoms with Crippen molar-refractivity contribution in [2.45, 2.75) is 0 Å². The highest BCUT2D eigenvalue weighted by Crippen LogP contribution is 2.34. The third-order valence-electron chi connectivity index (χ3n) is 3.21. The van der Waals surface area contributed by atoms with Crippen LogP contribution >= 0.6 is 0 Å². The van der Waals surface area contributed by atoms with E-state index in [0.717, 1.165) is 33.9 Å². The summed E-state index contributed by atoms with van der Waals surface area (Å²) in [5.74, 6) is 0. The zero-order chi connectivity index (χ0) is 14.5. The lowest BCUT2D eigenvalue weighted by atomic mass is 10.0. The maximum Gasteiger partial charge on any atom is 0.0859 e. The van der Waals surface area contributed by atoms with Gasteiger partial charge < -0.3 is 10.6 Å². The number of rotatable bonds is 5. The second kappa shape index (κ2) is 6.02. The number of anilines is 2. The zero-order valence-corrected chi connectivity index (χ0v) is 11.8. The van der Waals surface area contributed by atoms with Gasteiger partial charge in [0, 0.05) is 14.1 Å². The molecule has 0 aromatic heterocycles. The van der Waals surface area contributed by atoms with E-state index in [4.69, 9.17) is 0 Å². The lowest BCUT2D eigenvalue weighted by molar-refractivity contribution is 1.44. The highest BCUT2D eigenvalue weighted by Gasteiger charge is 2.06. The summed E-state index contributed by atoms with van der Waals surface area (Å²) in [5.41, 5.74) is 5.71. The topological polar surface area (TPSA) is 48.8 Å². The normalized spacial score (nSPS) is 9.90. The number of benzene rings is 2. The van der Waals surface area contributed by atoms with Crippen LogP contribution in [0.4, 0.5) is 22.7 Å². The molecule has 0 saturated heterocycles. The molecule has 20 heavy (non-hydrogen) atoms. The Kier molecular flexibility index (Phi) is 4.15. The maximum absolute atomic E-state index is 4.04. The van der Waals surface area contributed by atoms with Crippen LogP contribution in [0.5, 0.6) is 0 Å². The van der Waals surface area contributed by atoms with Crippen LogP contribution in [0.25, 0.3) is 11.1 Å². The standard InChI is InChI=1S/C16H18N4/c1-17-13-7-5-11(9-15(13)19-3)12-6-8-14(18-2)16(10-12)20-4/h5-10,17-18H,3-4H2,1-2H3. The molecule has 0 radical (unpaired) electrons. The number of nitrogens with one attached hydrogen (secondary N) is 2. The van der Waals surface area contributed by atoms with Gasteiger partial charge in [-0.3, -0.25) is 9.98 Å². The number of aliphatic imine (C=N–C) groups is 2. The monoisotopic (exact) mass is 266 g/mol. The minimum atomic E-state index is 0.829.